The second-order valence-electron chi connectivity index (χ2n) is 7.19. The summed E-state index contributed by atoms with van der Waals surface area (Å²) in [6.45, 7) is 5.16. The van der Waals surface area contributed by atoms with Gasteiger partial charge in [-0.2, -0.15) is 10.1 Å². The van der Waals surface area contributed by atoms with Crippen molar-refractivity contribution in [1.29, 1.82) is 0 Å². The van der Waals surface area contributed by atoms with Crippen LogP contribution in [-0.2, 0) is 16.0 Å². The van der Waals surface area contributed by atoms with Gasteiger partial charge in [-0.25, -0.2) is 18.9 Å². The van der Waals surface area contributed by atoms with Crippen molar-refractivity contribution in [3.8, 4) is 11.3 Å². The predicted molar refractivity (Wildman–Crippen MR) is 119 cm³/mol. The summed E-state index contributed by atoms with van der Waals surface area (Å²) in [5.74, 6) is -0.467. The third kappa shape index (κ3) is 4.47. The topological polar surface area (TPSA) is 114 Å². The van der Waals surface area contributed by atoms with Crippen LogP contribution in [0.4, 0.5) is 15.2 Å². The molecular formula is C21H20FN7O2S. The lowest BCUT2D eigenvalue weighted by molar-refractivity contribution is -0.116. The van der Waals surface area contributed by atoms with Gasteiger partial charge >= 0.3 is 0 Å². The SMILES string of the molecule is CC(=O)Nc1ccc(-c2csc(NC(=O)CCc3c(C)nc4ncnn4c3C)n2)c(F)c1. The molecule has 0 saturated heterocycles. The number of carbonyl (C=O) groups excluding carboxylic acids is 2. The molecule has 32 heavy (non-hydrogen) atoms. The van der Waals surface area contributed by atoms with Crippen molar-refractivity contribution < 1.29 is 14.0 Å². The summed E-state index contributed by atoms with van der Waals surface area (Å²) in [4.78, 5) is 36.4. The Labute approximate surface area is 186 Å². The van der Waals surface area contributed by atoms with Crippen LogP contribution in [0.1, 0.15) is 30.3 Å². The fourth-order valence-corrected chi connectivity index (χ4v) is 4.12. The van der Waals surface area contributed by atoms with E-state index in [4.69, 9.17) is 0 Å². The number of hydrogen-bond donors (Lipinski definition) is 2. The number of nitrogens with zero attached hydrogens (tertiary/aromatic N) is 5. The van der Waals surface area contributed by atoms with E-state index in [2.05, 4.69) is 30.7 Å². The number of fused-ring (bicyclic) bond motifs is 1. The molecule has 4 aromatic rings. The van der Waals surface area contributed by atoms with Gasteiger partial charge < -0.3 is 10.6 Å². The van der Waals surface area contributed by atoms with Gasteiger partial charge in [0.1, 0.15) is 12.1 Å². The van der Waals surface area contributed by atoms with E-state index in [0.29, 0.717) is 28.7 Å². The summed E-state index contributed by atoms with van der Waals surface area (Å²) in [6, 6.07) is 4.38. The Balaban J connectivity index is 1.42. The maximum absolute atomic E-state index is 14.4. The number of nitrogens with one attached hydrogen (secondary N) is 2. The fraction of sp³-hybridized carbons (Fsp3) is 0.238. The molecule has 3 heterocycles. The summed E-state index contributed by atoms with van der Waals surface area (Å²) < 4.78 is 16.1. The van der Waals surface area contributed by atoms with Crippen LogP contribution in [0.5, 0.6) is 0 Å². The largest absolute Gasteiger partial charge is 0.326 e. The molecule has 0 saturated carbocycles. The molecular weight excluding hydrogens is 433 g/mol. The fourth-order valence-electron chi connectivity index (χ4n) is 3.40. The van der Waals surface area contributed by atoms with Crippen molar-refractivity contribution in [1.82, 2.24) is 24.6 Å². The quantitative estimate of drug-likeness (QED) is 0.462. The lowest BCUT2D eigenvalue weighted by Gasteiger charge is -2.10. The molecule has 11 heteroatoms. The van der Waals surface area contributed by atoms with E-state index in [-0.39, 0.29) is 23.8 Å². The van der Waals surface area contributed by atoms with Gasteiger partial charge in [0, 0.05) is 41.4 Å². The van der Waals surface area contributed by atoms with Crippen molar-refractivity contribution in [2.75, 3.05) is 10.6 Å². The van der Waals surface area contributed by atoms with Gasteiger partial charge in [-0.1, -0.05) is 0 Å². The second kappa shape index (κ2) is 8.79. The standard InChI is InChI=1S/C21H20FN7O2S/c1-11-15(12(2)29-20(25-11)23-10-24-29)6-7-19(31)28-21-27-18(9-32-21)16-5-4-14(8-17(16)22)26-13(3)30/h4-5,8-10H,6-7H2,1-3H3,(H,26,30)(H,27,28,31). The summed E-state index contributed by atoms with van der Waals surface area (Å²) in [5, 5.41) is 11.5. The lowest BCUT2D eigenvalue weighted by atomic mass is 10.1. The highest BCUT2D eigenvalue weighted by Crippen LogP contribution is 2.29. The summed E-state index contributed by atoms with van der Waals surface area (Å²) in [5.41, 5.74) is 3.71. The summed E-state index contributed by atoms with van der Waals surface area (Å²) in [7, 11) is 0. The first kappa shape index (κ1) is 21.5. The van der Waals surface area contributed by atoms with Gasteiger partial charge in [0.25, 0.3) is 5.78 Å². The Morgan fingerprint density at radius 3 is 2.75 bits per heavy atom. The number of halogens is 1. The zero-order valence-electron chi connectivity index (χ0n) is 17.6. The molecule has 3 aromatic heterocycles. The minimum absolute atomic E-state index is 0.204. The molecule has 0 fully saturated rings. The van der Waals surface area contributed by atoms with Gasteiger partial charge in [0.15, 0.2) is 5.13 Å². The van der Waals surface area contributed by atoms with E-state index in [1.54, 1.807) is 22.0 Å². The third-order valence-corrected chi connectivity index (χ3v) is 5.66. The Kier molecular flexibility index (Phi) is 5.91. The number of rotatable bonds is 6. The molecule has 0 aliphatic heterocycles. The van der Waals surface area contributed by atoms with Crippen molar-refractivity contribution in [2.24, 2.45) is 0 Å². The van der Waals surface area contributed by atoms with E-state index >= 15 is 0 Å². The molecule has 0 spiro atoms. The van der Waals surface area contributed by atoms with Crippen LogP contribution in [0.2, 0.25) is 0 Å². The van der Waals surface area contributed by atoms with E-state index in [1.807, 2.05) is 13.8 Å². The molecule has 164 valence electrons. The average molecular weight is 454 g/mol. The highest BCUT2D eigenvalue weighted by molar-refractivity contribution is 7.14. The van der Waals surface area contributed by atoms with E-state index in [9.17, 15) is 14.0 Å². The molecule has 0 aliphatic rings. The van der Waals surface area contributed by atoms with E-state index in [1.165, 1.54) is 30.7 Å². The number of benzene rings is 1. The smallest absolute Gasteiger partial charge is 0.252 e. The van der Waals surface area contributed by atoms with Gasteiger partial charge in [-0.05, 0) is 44.0 Å². The number of anilines is 2. The normalized spacial score (nSPS) is 11.0. The maximum atomic E-state index is 14.4. The third-order valence-electron chi connectivity index (χ3n) is 4.91. The molecule has 9 nitrogen and oxygen atoms in total. The zero-order chi connectivity index (χ0) is 22.8. The van der Waals surface area contributed by atoms with E-state index < -0.39 is 5.82 Å². The minimum Gasteiger partial charge on any atom is -0.326 e. The van der Waals surface area contributed by atoms with Gasteiger partial charge in [-0.3, -0.25) is 9.59 Å². The van der Waals surface area contributed by atoms with Crippen LogP contribution in [0, 0.1) is 19.7 Å². The number of carbonyl (C=O) groups is 2. The van der Waals surface area contributed by atoms with Crippen molar-refractivity contribution in [3.05, 3.63) is 52.7 Å². The first-order valence-electron chi connectivity index (χ1n) is 9.80. The predicted octanol–water partition coefficient (Wildman–Crippen LogP) is 3.53. The van der Waals surface area contributed by atoms with Crippen molar-refractivity contribution >= 4 is 39.7 Å². The molecule has 0 atom stereocenters. The Morgan fingerprint density at radius 2 is 2.00 bits per heavy atom. The van der Waals surface area contributed by atoms with Crippen LogP contribution in [0.25, 0.3) is 17.0 Å². The first-order chi connectivity index (χ1) is 15.3. The summed E-state index contributed by atoms with van der Waals surface area (Å²) in [6.07, 6.45) is 2.17. The Hall–Kier alpha value is -3.73. The number of amides is 2. The lowest BCUT2D eigenvalue weighted by Crippen LogP contribution is -2.14. The molecule has 2 amide bonds. The monoisotopic (exact) mass is 453 g/mol. The number of hydrogen-bond acceptors (Lipinski definition) is 7. The first-order valence-corrected chi connectivity index (χ1v) is 10.7. The van der Waals surface area contributed by atoms with Crippen LogP contribution < -0.4 is 10.6 Å². The highest BCUT2D eigenvalue weighted by atomic mass is 32.1. The Morgan fingerprint density at radius 1 is 1.19 bits per heavy atom. The summed E-state index contributed by atoms with van der Waals surface area (Å²) >= 11 is 1.21. The number of aromatic nitrogens is 5. The van der Waals surface area contributed by atoms with Gasteiger partial charge in [0.05, 0.1) is 5.69 Å². The Bertz CT molecular complexity index is 1330. The minimum atomic E-state index is -0.513. The molecule has 1 aromatic carbocycles. The number of aryl methyl sites for hydroxylation is 2. The zero-order valence-corrected chi connectivity index (χ0v) is 18.5. The highest BCUT2D eigenvalue weighted by Gasteiger charge is 2.15. The van der Waals surface area contributed by atoms with Gasteiger partial charge in [-0.15, -0.1) is 11.3 Å². The van der Waals surface area contributed by atoms with Crippen molar-refractivity contribution in [2.45, 2.75) is 33.6 Å². The van der Waals surface area contributed by atoms with Crippen LogP contribution >= 0.6 is 11.3 Å². The maximum Gasteiger partial charge on any atom is 0.252 e. The van der Waals surface area contributed by atoms with Crippen LogP contribution in [0.15, 0.2) is 29.9 Å². The molecule has 2 N–H and O–H groups in total. The molecule has 4 rings (SSSR count). The molecule has 0 radical (unpaired) electrons. The van der Waals surface area contributed by atoms with Crippen LogP contribution in [0.3, 0.4) is 0 Å². The number of thiazole rings is 1. The second-order valence-corrected chi connectivity index (χ2v) is 8.05. The van der Waals surface area contributed by atoms with Crippen LogP contribution in [-0.4, -0.2) is 36.4 Å². The molecule has 0 bridgehead atoms. The molecule has 0 unspecified atom stereocenters. The van der Waals surface area contributed by atoms with Gasteiger partial charge in [0.2, 0.25) is 11.8 Å². The molecule has 0 aliphatic carbocycles. The van der Waals surface area contributed by atoms with Crippen molar-refractivity contribution in [3.63, 3.8) is 0 Å². The van der Waals surface area contributed by atoms with E-state index in [0.717, 1.165) is 17.0 Å². The average Bonchev–Trinajstić information content (AvgIpc) is 3.37.